The summed E-state index contributed by atoms with van der Waals surface area (Å²) in [7, 11) is 1.54. The van der Waals surface area contributed by atoms with Crippen LogP contribution in [-0.4, -0.2) is 62.3 Å². The number of nitrogen functional groups attached to an aromatic ring is 1. The molecule has 3 aromatic heterocycles. The second-order valence-corrected chi connectivity index (χ2v) is 8.33. The minimum absolute atomic E-state index is 0.0279. The number of ether oxygens (including phenoxy) is 2. The fourth-order valence-electron chi connectivity index (χ4n) is 4.35. The third kappa shape index (κ3) is 4.82. The summed E-state index contributed by atoms with van der Waals surface area (Å²) >= 11 is 0. The quantitative estimate of drug-likeness (QED) is 0.483. The first-order valence-corrected chi connectivity index (χ1v) is 11.0. The Labute approximate surface area is 191 Å². The lowest BCUT2D eigenvalue weighted by atomic mass is 9.92. The first-order valence-electron chi connectivity index (χ1n) is 11.0. The first kappa shape index (κ1) is 23.1. The van der Waals surface area contributed by atoms with E-state index in [-0.39, 0.29) is 36.9 Å². The van der Waals surface area contributed by atoms with Gasteiger partial charge in [0.25, 0.3) is 5.56 Å². The average molecular weight is 456 g/mol. The van der Waals surface area contributed by atoms with Gasteiger partial charge in [-0.25, -0.2) is 9.97 Å². The summed E-state index contributed by atoms with van der Waals surface area (Å²) in [4.78, 5) is 26.7. The predicted molar refractivity (Wildman–Crippen MR) is 123 cm³/mol. The van der Waals surface area contributed by atoms with E-state index >= 15 is 0 Å². The first-order chi connectivity index (χ1) is 15.9. The van der Waals surface area contributed by atoms with Crippen LogP contribution in [0.5, 0.6) is 5.88 Å². The number of hydrogen-bond acceptors (Lipinski definition) is 9. The molecule has 0 saturated heterocycles. The lowest BCUT2D eigenvalue weighted by Crippen LogP contribution is -2.33. The van der Waals surface area contributed by atoms with E-state index in [4.69, 9.17) is 20.3 Å². The van der Waals surface area contributed by atoms with Crippen molar-refractivity contribution in [1.82, 2.24) is 19.5 Å². The molecule has 0 aromatic carbocycles. The Bertz CT molecular complexity index is 1170. The molecule has 10 heteroatoms. The van der Waals surface area contributed by atoms with Gasteiger partial charge in [-0.1, -0.05) is 0 Å². The Balaban J connectivity index is 1.72. The molecule has 4 rings (SSSR count). The van der Waals surface area contributed by atoms with Crippen LogP contribution in [-0.2, 0) is 4.74 Å². The number of fused-ring (bicyclic) bond motifs is 1. The number of aryl methyl sites for hydroxylation is 1. The van der Waals surface area contributed by atoms with Crippen LogP contribution in [0.1, 0.15) is 37.4 Å². The molecule has 3 aromatic rings. The number of nitrogens with two attached hydrogens (primary N) is 1. The molecule has 1 aliphatic rings. The van der Waals surface area contributed by atoms with Crippen LogP contribution in [0.4, 0.5) is 5.95 Å². The highest BCUT2D eigenvalue weighted by atomic mass is 16.5. The molecule has 0 unspecified atom stereocenters. The number of aromatic nitrogens is 4. The Morgan fingerprint density at radius 1 is 1.24 bits per heavy atom. The number of aliphatic hydroxyl groups is 2. The molecule has 10 nitrogen and oxygen atoms in total. The number of methoxy groups -OCH3 is 1. The van der Waals surface area contributed by atoms with Gasteiger partial charge in [0.15, 0.2) is 0 Å². The monoisotopic (exact) mass is 455 g/mol. The second kappa shape index (κ2) is 9.82. The molecular formula is C23H29N5O5. The van der Waals surface area contributed by atoms with Crippen LogP contribution in [0.3, 0.4) is 0 Å². The topological polar surface area (TPSA) is 146 Å². The summed E-state index contributed by atoms with van der Waals surface area (Å²) in [5.41, 5.74) is 8.19. The van der Waals surface area contributed by atoms with Crippen molar-refractivity contribution in [3.8, 4) is 17.0 Å². The van der Waals surface area contributed by atoms with Crippen molar-refractivity contribution in [3.05, 3.63) is 40.4 Å². The molecule has 4 N–H and O–H groups in total. The molecule has 0 bridgehead atoms. The summed E-state index contributed by atoms with van der Waals surface area (Å²) in [5, 5.41) is 19.3. The number of rotatable bonds is 7. The number of hydrogen-bond donors (Lipinski definition) is 3. The van der Waals surface area contributed by atoms with Crippen LogP contribution in [0.25, 0.3) is 22.2 Å². The van der Waals surface area contributed by atoms with Gasteiger partial charge in [0.05, 0.1) is 32.1 Å². The van der Waals surface area contributed by atoms with Crippen molar-refractivity contribution in [1.29, 1.82) is 0 Å². The van der Waals surface area contributed by atoms with Gasteiger partial charge in [-0.15, -0.1) is 0 Å². The third-order valence-corrected chi connectivity index (χ3v) is 6.10. The molecule has 0 amide bonds. The fourth-order valence-corrected chi connectivity index (χ4v) is 4.35. The number of pyridine rings is 2. The maximum Gasteiger partial charge on any atom is 0.260 e. The van der Waals surface area contributed by atoms with Crippen LogP contribution >= 0.6 is 0 Å². The molecule has 0 aliphatic heterocycles. The largest absolute Gasteiger partial charge is 0.481 e. The zero-order valence-corrected chi connectivity index (χ0v) is 18.8. The Morgan fingerprint density at radius 3 is 2.64 bits per heavy atom. The van der Waals surface area contributed by atoms with Gasteiger partial charge >= 0.3 is 0 Å². The van der Waals surface area contributed by atoms with Crippen molar-refractivity contribution in [2.75, 3.05) is 26.1 Å². The van der Waals surface area contributed by atoms with Crippen LogP contribution < -0.4 is 16.0 Å². The fraction of sp³-hybridized carbons (Fsp3) is 0.478. The zero-order chi connectivity index (χ0) is 23.5. The molecule has 176 valence electrons. The summed E-state index contributed by atoms with van der Waals surface area (Å²) in [5.74, 6) is 0.596. The maximum absolute atomic E-state index is 13.7. The molecule has 0 spiro atoms. The number of nitrogens with zero attached hydrogens (tertiary/aromatic N) is 4. The highest BCUT2D eigenvalue weighted by molar-refractivity contribution is 5.84. The van der Waals surface area contributed by atoms with Gasteiger partial charge in [-0.05, 0) is 44.7 Å². The SMILES string of the molecule is COc1ccc(-c2cc3c(C)nc(N)nc3n([C@H]3CC[C@H](OC[C@@H](O)CO)CC3)c2=O)cn1. The minimum atomic E-state index is -0.883. The van der Waals surface area contributed by atoms with Crippen LogP contribution in [0.2, 0.25) is 0 Å². The highest BCUT2D eigenvalue weighted by Crippen LogP contribution is 2.33. The molecule has 1 atom stereocenters. The highest BCUT2D eigenvalue weighted by Gasteiger charge is 2.27. The van der Waals surface area contributed by atoms with Gasteiger partial charge < -0.3 is 25.4 Å². The molecule has 33 heavy (non-hydrogen) atoms. The molecule has 3 heterocycles. The lowest BCUT2D eigenvalue weighted by Gasteiger charge is -2.31. The van der Waals surface area contributed by atoms with E-state index in [9.17, 15) is 9.90 Å². The number of aliphatic hydroxyl groups excluding tert-OH is 2. The van der Waals surface area contributed by atoms with Gasteiger partial charge in [-0.3, -0.25) is 9.36 Å². The normalized spacial score (nSPS) is 19.5. The van der Waals surface area contributed by atoms with Gasteiger partial charge in [0, 0.05) is 34.8 Å². The summed E-state index contributed by atoms with van der Waals surface area (Å²) in [6.45, 7) is 1.62. The molecule has 1 fully saturated rings. The van der Waals surface area contributed by atoms with Crippen molar-refractivity contribution >= 4 is 17.0 Å². The van der Waals surface area contributed by atoms with Crippen molar-refractivity contribution in [2.24, 2.45) is 0 Å². The van der Waals surface area contributed by atoms with E-state index in [1.54, 1.807) is 30.0 Å². The lowest BCUT2D eigenvalue weighted by molar-refractivity contribution is -0.0434. The van der Waals surface area contributed by atoms with Crippen molar-refractivity contribution < 1.29 is 19.7 Å². The van der Waals surface area contributed by atoms with Gasteiger partial charge in [-0.2, -0.15) is 4.98 Å². The standard InChI is InChI=1S/C23H29N5O5/c1-13-18-9-19(14-3-8-20(32-2)25-10-14)22(31)28(21(18)27-23(24)26-13)15-4-6-17(7-5-15)33-12-16(30)11-29/h3,8-10,15-17,29-30H,4-7,11-12H2,1-2H3,(H2,24,26,27)/t15-,16-,17-/m0/s1. The molecule has 1 saturated carbocycles. The van der Waals surface area contributed by atoms with Crippen molar-refractivity contribution in [3.63, 3.8) is 0 Å². The van der Waals surface area contributed by atoms with E-state index in [0.717, 1.165) is 18.2 Å². The van der Waals surface area contributed by atoms with Gasteiger partial charge in [0.2, 0.25) is 11.8 Å². The summed E-state index contributed by atoms with van der Waals surface area (Å²) in [6.07, 6.45) is 3.59. The second-order valence-electron chi connectivity index (χ2n) is 8.33. The molecule has 0 radical (unpaired) electrons. The Morgan fingerprint density at radius 2 is 2.00 bits per heavy atom. The van der Waals surface area contributed by atoms with E-state index in [1.807, 2.05) is 13.0 Å². The molecular weight excluding hydrogens is 426 g/mol. The predicted octanol–water partition coefficient (Wildman–Crippen LogP) is 1.61. The summed E-state index contributed by atoms with van der Waals surface area (Å²) in [6, 6.07) is 5.25. The average Bonchev–Trinajstić information content (AvgIpc) is 2.83. The van der Waals surface area contributed by atoms with E-state index in [2.05, 4.69) is 15.0 Å². The van der Waals surface area contributed by atoms with E-state index in [1.165, 1.54) is 0 Å². The molecule has 1 aliphatic carbocycles. The number of anilines is 1. The Kier molecular flexibility index (Phi) is 6.87. The third-order valence-electron chi connectivity index (χ3n) is 6.10. The van der Waals surface area contributed by atoms with E-state index < -0.39 is 6.10 Å². The smallest absolute Gasteiger partial charge is 0.260 e. The van der Waals surface area contributed by atoms with Gasteiger partial charge in [0.1, 0.15) is 11.8 Å². The minimum Gasteiger partial charge on any atom is -0.481 e. The Hall–Kier alpha value is -3.08. The van der Waals surface area contributed by atoms with Crippen LogP contribution in [0.15, 0.2) is 29.2 Å². The zero-order valence-electron chi connectivity index (χ0n) is 18.8. The summed E-state index contributed by atoms with van der Waals surface area (Å²) < 4.78 is 12.6. The van der Waals surface area contributed by atoms with Crippen molar-refractivity contribution in [2.45, 2.75) is 50.9 Å². The van der Waals surface area contributed by atoms with E-state index in [0.29, 0.717) is 41.2 Å². The van der Waals surface area contributed by atoms with Crippen LogP contribution in [0, 0.1) is 6.92 Å². The maximum atomic E-state index is 13.7.